The summed E-state index contributed by atoms with van der Waals surface area (Å²) in [5, 5.41) is 11.1. The van der Waals surface area contributed by atoms with Gasteiger partial charge < -0.3 is 9.67 Å². The van der Waals surface area contributed by atoms with Crippen LogP contribution in [0.15, 0.2) is 121 Å². The molecule has 46 heavy (non-hydrogen) atoms. The number of nitrogens with zero attached hydrogens (tertiary/aromatic N) is 3. The number of fused-ring (bicyclic) bond motifs is 2. The SMILES string of the molecule is Cc1cnc(-c2cc(-c3ccccc3)cc(-c3cccc4c3nc(-c3cc5c(cc3O)CCCC5)n4C)c2)cc1-c1ccccc1. The third-order valence-electron chi connectivity index (χ3n) is 9.45. The van der Waals surface area contributed by atoms with Crippen LogP contribution in [0, 0.1) is 6.92 Å². The van der Waals surface area contributed by atoms with E-state index in [2.05, 4.69) is 109 Å². The summed E-state index contributed by atoms with van der Waals surface area (Å²) in [7, 11) is 2.04. The molecule has 1 aliphatic rings. The van der Waals surface area contributed by atoms with E-state index >= 15 is 0 Å². The summed E-state index contributed by atoms with van der Waals surface area (Å²) in [6.07, 6.45) is 6.41. The molecule has 0 saturated heterocycles. The van der Waals surface area contributed by atoms with Crippen LogP contribution in [0.2, 0.25) is 0 Å². The Morgan fingerprint density at radius 1 is 0.609 bits per heavy atom. The number of benzene rings is 5. The van der Waals surface area contributed by atoms with E-state index in [-0.39, 0.29) is 0 Å². The summed E-state index contributed by atoms with van der Waals surface area (Å²) in [6, 6.07) is 40.4. The number of rotatable bonds is 5. The van der Waals surface area contributed by atoms with Gasteiger partial charge in [0.25, 0.3) is 0 Å². The molecule has 7 aromatic rings. The highest BCUT2D eigenvalue weighted by Crippen LogP contribution is 2.40. The van der Waals surface area contributed by atoms with Gasteiger partial charge in [-0.3, -0.25) is 4.98 Å². The van der Waals surface area contributed by atoms with Gasteiger partial charge in [-0.25, -0.2) is 4.98 Å². The topological polar surface area (TPSA) is 50.9 Å². The monoisotopic (exact) mass is 597 g/mol. The Kier molecular flexibility index (Phi) is 6.98. The minimum atomic E-state index is 0.300. The number of aryl methyl sites for hydroxylation is 4. The van der Waals surface area contributed by atoms with Gasteiger partial charge in [-0.05, 0) is 120 Å². The van der Waals surface area contributed by atoms with Gasteiger partial charge in [0.2, 0.25) is 0 Å². The lowest BCUT2D eigenvalue weighted by atomic mass is 9.90. The molecule has 0 fully saturated rings. The largest absolute Gasteiger partial charge is 0.507 e. The highest BCUT2D eigenvalue weighted by molar-refractivity contribution is 5.96. The molecule has 224 valence electrons. The van der Waals surface area contributed by atoms with Crippen LogP contribution in [0.25, 0.3) is 67.1 Å². The average molecular weight is 598 g/mol. The van der Waals surface area contributed by atoms with Crippen molar-refractivity contribution in [3.8, 4) is 61.8 Å². The molecule has 2 aromatic heterocycles. The number of hydrogen-bond acceptors (Lipinski definition) is 3. The first-order valence-electron chi connectivity index (χ1n) is 16.1. The van der Waals surface area contributed by atoms with Crippen molar-refractivity contribution in [2.75, 3.05) is 0 Å². The molecule has 0 radical (unpaired) electrons. The van der Waals surface area contributed by atoms with Gasteiger partial charge in [-0.1, -0.05) is 72.8 Å². The van der Waals surface area contributed by atoms with E-state index in [1.54, 1.807) is 0 Å². The molecule has 0 saturated carbocycles. The summed E-state index contributed by atoms with van der Waals surface area (Å²) < 4.78 is 2.11. The van der Waals surface area contributed by atoms with Crippen molar-refractivity contribution in [2.45, 2.75) is 32.6 Å². The summed E-state index contributed by atoms with van der Waals surface area (Å²) >= 11 is 0. The first kappa shape index (κ1) is 28.0. The number of pyridine rings is 1. The Labute approximate surface area is 269 Å². The summed E-state index contributed by atoms with van der Waals surface area (Å²) in [4.78, 5) is 10.1. The van der Waals surface area contributed by atoms with E-state index in [0.717, 1.165) is 74.3 Å². The highest BCUT2D eigenvalue weighted by Gasteiger charge is 2.20. The fourth-order valence-electron chi connectivity index (χ4n) is 6.98. The lowest BCUT2D eigenvalue weighted by Crippen LogP contribution is -2.03. The van der Waals surface area contributed by atoms with Crippen LogP contribution in [-0.2, 0) is 19.9 Å². The maximum absolute atomic E-state index is 11.1. The molecular weight excluding hydrogens is 562 g/mol. The van der Waals surface area contributed by atoms with Crippen molar-refractivity contribution in [3.63, 3.8) is 0 Å². The summed E-state index contributed by atoms with van der Waals surface area (Å²) in [5.74, 6) is 1.08. The second-order valence-corrected chi connectivity index (χ2v) is 12.4. The van der Waals surface area contributed by atoms with Crippen LogP contribution in [0.5, 0.6) is 5.75 Å². The zero-order valence-electron chi connectivity index (χ0n) is 26.2. The molecule has 0 spiro atoms. The predicted molar refractivity (Wildman–Crippen MR) is 189 cm³/mol. The van der Waals surface area contributed by atoms with E-state index in [0.29, 0.717) is 5.75 Å². The molecule has 1 N–H and O–H groups in total. The van der Waals surface area contributed by atoms with Crippen molar-refractivity contribution >= 4 is 11.0 Å². The molecule has 4 nitrogen and oxygen atoms in total. The number of para-hydroxylation sites is 1. The molecule has 8 rings (SSSR count). The molecule has 0 aliphatic heterocycles. The van der Waals surface area contributed by atoms with Crippen LogP contribution >= 0.6 is 0 Å². The standard InChI is InChI=1S/C42H35N3O/c1-27-26-43-38(25-36(27)29-14-7-4-8-15-29)34-21-32(28-12-5-3-6-13-28)20-33(22-34)35-18-11-19-39-41(35)44-42(45(39)2)37-23-30-16-9-10-17-31(30)24-40(37)46/h3-8,11-15,18-26,46H,9-10,16-17H2,1-2H3. The average Bonchev–Trinajstić information content (AvgIpc) is 3.44. The molecule has 0 bridgehead atoms. The first-order valence-corrected chi connectivity index (χ1v) is 16.1. The second-order valence-electron chi connectivity index (χ2n) is 12.4. The molecule has 0 unspecified atom stereocenters. The Bertz CT molecular complexity index is 2230. The van der Waals surface area contributed by atoms with Crippen molar-refractivity contribution in [1.29, 1.82) is 0 Å². The summed E-state index contributed by atoms with van der Waals surface area (Å²) in [6.45, 7) is 2.12. The third-order valence-corrected chi connectivity index (χ3v) is 9.45. The number of hydrogen-bond donors (Lipinski definition) is 1. The molecule has 4 heteroatoms. The normalized spacial score (nSPS) is 12.7. The number of phenolic OH excluding ortho intramolecular Hbond substituents is 1. The zero-order valence-corrected chi connectivity index (χ0v) is 26.2. The maximum Gasteiger partial charge on any atom is 0.144 e. The second kappa shape index (κ2) is 11.5. The van der Waals surface area contributed by atoms with E-state index in [4.69, 9.17) is 9.97 Å². The Hall–Kier alpha value is -5.48. The van der Waals surface area contributed by atoms with Crippen LogP contribution in [-0.4, -0.2) is 19.6 Å². The minimum absolute atomic E-state index is 0.300. The van der Waals surface area contributed by atoms with Crippen molar-refractivity contribution < 1.29 is 5.11 Å². The zero-order chi connectivity index (χ0) is 31.2. The lowest BCUT2D eigenvalue weighted by Gasteiger charge is -2.17. The molecule has 5 aromatic carbocycles. The Morgan fingerprint density at radius 2 is 1.28 bits per heavy atom. The number of phenols is 1. The van der Waals surface area contributed by atoms with Gasteiger partial charge in [-0.15, -0.1) is 0 Å². The number of imidazole rings is 1. The van der Waals surface area contributed by atoms with Gasteiger partial charge in [0.15, 0.2) is 0 Å². The van der Waals surface area contributed by atoms with E-state index in [9.17, 15) is 5.11 Å². The van der Waals surface area contributed by atoms with Crippen molar-refractivity contribution in [1.82, 2.24) is 14.5 Å². The molecule has 0 amide bonds. The van der Waals surface area contributed by atoms with E-state index in [1.165, 1.54) is 35.1 Å². The van der Waals surface area contributed by atoms with E-state index < -0.39 is 0 Å². The van der Waals surface area contributed by atoms with Gasteiger partial charge in [0.05, 0.1) is 22.3 Å². The van der Waals surface area contributed by atoms with Gasteiger partial charge in [-0.2, -0.15) is 0 Å². The maximum atomic E-state index is 11.1. The van der Waals surface area contributed by atoms with Gasteiger partial charge in [0, 0.05) is 24.4 Å². The third kappa shape index (κ3) is 4.96. The lowest BCUT2D eigenvalue weighted by molar-refractivity contribution is 0.474. The van der Waals surface area contributed by atoms with Crippen LogP contribution in [0.4, 0.5) is 0 Å². The fraction of sp³-hybridized carbons (Fsp3) is 0.143. The van der Waals surface area contributed by atoms with E-state index in [1.807, 2.05) is 31.4 Å². The fourth-order valence-corrected chi connectivity index (χ4v) is 6.98. The predicted octanol–water partition coefficient (Wildman–Crippen LogP) is 10.2. The Morgan fingerprint density at radius 3 is 2.04 bits per heavy atom. The van der Waals surface area contributed by atoms with Gasteiger partial charge >= 0.3 is 0 Å². The number of aromatic hydroxyl groups is 1. The summed E-state index contributed by atoms with van der Waals surface area (Å²) in [5.41, 5.74) is 15.2. The van der Waals surface area contributed by atoms with Crippen molar-refractivity contribution in [2.24, 2.45) is 7.05 Å². The highest BCUT2D eigenvalue weighted by atomic mass is 16.3. The molecular formula is C42H35N3O. The van der Waals surface area contributed by atoms with Crippen LogP contribution in [0.1, 0.15) is 29.5 Å². The number of aromatic nitrogens is 3. The quantitative estimate of drug-likeness (QED) is 0.215. The minimum Gasteiger partial charge on any atom is -0.507 e. The van der Waals surface area contributed by atoms with Gasteiger partial charge in [0.1, 0.15) is 11.6 Å². The smallest absolute Gasteiger partial charge is 0.144 e. The molecule has 0 atom stereocenters. The molecule has 1 aliphatic carbocycles. The Balaban J connectivity index is 1.31. The first-order chi connectivity index (χ1) is 22.5. The van der Waals surface area contributed by atoms with Crippen LogP contribution < -0.4 is 0 Å². The van der Waals surface area contributed by atoms with Crippen LogP contribution in [0.3, 0.4) is 0 Å². The molecule has 2 heterocycles. The van der Waals surface area contributed by atoms with Crippen molar-refractivity contribution in [3.05, 3.63) is 138 Å².